The van der Waals surface area contributed by atoms with E-state index in [-0.39, 0.29) is 16.7 Å². The number of amidine groups is 1. The van der Waals surface area contributed by atoms with E-state index in [9.17, 15) is 22.0 Å². The zero-order chi connectivity index (χ0) is 18.8. The topological polar surface area (TPSA) is 39.4 Å². The lowest BCUT2D eigenvalue weighted by atomic mass is 10.2. The largest absolute Gasteiger partial charge is 0.416 e. The van der Waals surface area contributed by atoms with Crippen LogP contribution < -0.4 is 4.90 Å². The van der Waals surface area contributed by atoms with Gasteiger partial charge in [0.2, 0.25) is 5.29 Å². The Morgan fingerprint density at radius 1 is 1.12 bits per heavy atom. The van der Waals surface area contributed by atoms with Crippen LogP contribution in [0.15, 0.2) is 41.4 Å². The Bertz CT molecular complexity index is 854. The molecule has 0 aliphatic heterocycles. The maximum atomic E-state index is 14.0. The molecule has 0 bridgehead atoms. The average Bonchev–Trinajstić information content (AvgIpc) is 2.55. The Hall–Kier alpha value is -2.66. The second-order valence-corrected chi connectivity index (χ2v) is 5.22. The smallest absolute Gasteiger partial charge is 0.317 e. The van der Waals surface area contributed by atoms with Gasteiger partial charge in [-0.05, 0) is 41.9 Å². The molecule has 0 spiro atoms. The third kappa shape index (κ3) is 4.25. The molecule has 0 amide bonds. The van der Waals surface area contributed by atoms with Crippen LogP contribution in [0.25, 0.3) is 0 Å². The van der Waals surface area contributed by atoms with E-state index in [1.54, 1.807) is 0 Å². The van der Waals surface area contributed by atoms with Crippen molar-refractivity contribution in [1.29, 1.82) is 5.26 Å². The van der Waals surface area contributed by atoms with Gasteiger partial charge in [0.05, 0.1) is 22.5 Å². The van der Waals surface area contributed by atoms with Crippen LogP contribution in [0.2, 0.25) is 0 Å². The lowest BCUT2D eigenvalue weighted by Gasteiger charge is -2.18. The fourth-order valence-electron chi connectivity index (χ4n) is 1.88. The summed E-state index contributed by atoms with van der Waals surface area (Å²) in [5, 5.41) is 8.35. The van der Waals surface area contributed by atoms with Gasteiger partial charge in [0, 0.05) is 13.1 Å². The number of anilines is 1. The van der Waals surface area contributed by atoms with Gasteiger partial charge in [-0.3, -0.25) is 0 Å². The summed E-state index contributed by atoms with van der Waals surface area (Å²) in [5.74, 6) is -1.84. The molecule has 0 atom stereocenters. The summed E-state index contributed by atoms with van der Waals surface area (Å²) in [6, 6.07) is 6.82. The Balaban J connectivity index is 2.31. The standard InChI is InChI=1S/C16H9ClF5N3/c1-25(14-7-12(18)9(8-23)6-13(14)19)15(17)24-11-4-2-10(3-5-11)16(20,21)22/h2-7H,1H3/b24-15+. The molecule has 2 rings (SSSR count). The molecule has 0 saturated carbocycles. The number of nitriles is 1. The third-order valence-corrected chi connectivity index (χ3v) is 3.55. The molecule has 0 fully saturated rings. The zero-order valence-corrected chi connectivity index (χ0v) is 13.3. The molecule has 9 heteroatoms. The minimum Gasteiger partial charge on any atom is -0.317 e. The first-order valence-electron chi connectivity index (χ1n) is 6.68. The van der Waals surface area contributed by atoms with E-state index >= 15 is 0 Å². The van der Waals surface area contributed by atoms with E-state index in [4.69, 9.17) is 16.9 Å². The van der Waals surface area contributed by atoms with Crippen LogP contribution in [0.3, 0.4) is 0 Å². The number of aliphatic imine (C=N–C) groups is 1. The highest BCUT2D eigenvalue weighted by molar-refractivity contribution is 6.68. The van der Waals surface area contributed by atoms with Crippen molar-refractivity contribution in [2.45, 2.75) is 6.18 Å². The molecule has 0 aliphatic rings. The fraction of sp³-hybridized carbons (Fsp3) is 0.125. The minimum atomic E-state index is -4.48. The first-order chi connectivity index (χ1) is 11.6. The molecule has 0 radical (unpaired) electrons. The van der Waals surface area contributed by atoms with Gasteiger partial charge in [0.1, 0.15) is 17.7 Å². The Kier molecular flexibility index (Phi) is 5.28. The molecule has 0 unspecified atom stereocenters. The minimum absolute atomic E-state index is 0.0966. The number of benzene rings is 2. The van der Waals surface area contributed by atoms with Gasteiger partial charge in [-0.1, -0.05) is 0 Å². The molecule has 0 saturated heterocycles. The summed E-state index contributed by atoms with van der Waals surface area (Å²) in [6.07, 6.45) is -4.48. The van der Waals surface area contributed by atoms with Crippen LogP contribution in [-0.4, -0.2) is 12.3 Å². The predicted molar refractivity (Wildman–Crippen MR) is 83.9 cm³/mol. The first kappa shape index (κ1) is 18.7. The van der Waals surface area contributed by atoms with Crippen molar-refractivity contribution in [3.8, 4) is 6.07 Å². The number of nitrogens with zero attached hydrogens (tertiary/aromatic N) is 3. The van der Waals surface area contributed by atoms with Crippen molar-refractivity contribution in [3.63, 3.8) is 0 Å². The summed E-state index contributed by atoms with van der Waals surface area (Å²) in [6.45, 7) is 0. The molecule has 2 aromatic rings. The third-order valence-electron chi connectivity index (χ3n) is 3.21. The van der Waals surface area contributed by atoms with E-state index in [2.05, 4.69) is 4.99 Å². The number of hydrogen-bond donors (Lipinski definition) is 0. The highest BCUT2D eigenvalue weighted by Gasteiger charge is 2.30. The fourth-order valence-corrected chi connectivity index (χ4v) is 2.07. The van der Waals surface area contributed by atoms with Gasteiger partial charge in [-0.25, -0.2) is 13.8 Å². The van der Waals surface area contributed by atoms with Crippen LogP contribution in [0, 0.1) is 23.0 Å². The van der Waals surface area contributed by atoms with Crippen molar-refractivity contribution < 1.29 is 22.0 Å². The van der Waals surface area contributed by atoms with Crippen LogP contribution in [-0.2, 0) is 6.18 Å². The number of alkyl halides is 3. The van der Waals surface area contributed by atoms with Crippen LogP contribution in [0.5, 0.6) is 0 Å². The molecule has 130 valence electrons. The van der Waals surface area contributed by atoms with Gasteiger partial charge < -0.3 is 4.90 Å². The van der Waals surface area contributed by atoms with E-state index in [0.717, 1.165) is 35.2 Å². The van der Waals surface area contributed by atoms with Gasteiger partial charge in [-0.15, -0.1) is 0 Å². The molecule has 3 nitrogen and oxygen atoms in total. The van der Waals surface area contributed by atoms with Crippen molar-refractivity contribution >= 4 is 28.3 Å². The van der Waals surface area contributed by atoms with Crippen LogP contribution >= 0.6 is 11.6 Å². The SMILES string of the molecule is CN(/C(Cl)=N/c1ccc(C(F)(F)F)cc1)c1cc(F)c(C#N)cc1F. The predicted octanol–water partition coefficient (Wildman–Crippen LogP) is 5.22. The molecular formula is C16H9ClF5N3. The van der Waals surface area contributed by atoms with E-state index in [1.807, 2.05) is 0 Å². The van der Waals surface area contributed by atoms with Crippen molar-refractivity contribution in [1.82, 2.24) is 0 Å². The van der Waals surface area contributed by atoms with Crippen molar-refractivity contribution in [3.05, 3.63) is 59.2 Å². The monoisotopic (exact) mass is 373 g/mol. The molecule has 2 aromatic carbocycles. The maximum Gasteiger partial charge on any atom is 0.416 e. The molecular weight excluding hydrogens is 365 g/mol. The van der Waals surface area contributed by atoms with Gasteiger partial charge in [-0.2, -0.15) is 18.4 Å². The summed E-state index contributed by atoms with van der Waals surface area (Å²) < 4.78 is 65.1. The van der Waals surface area contributed by atoms with Gasteiger partial charge >= 0.3 is 6.18 Å². The van der Waals surface area contributed by atoms with E-state index in [1.165, 1.54) is 13.1 Å². The van der Waals surface area contributed by atoms with Crippen LogP contribution in [0.1, 0.15) is 11.1 Å². The highest BCUT2D eigenvalue weighted by Crippen LogP contribution is 2.31. The quantitative estimate of drug-likeness (QED) is 0.313. The molecule has 0 aromatic heterocycles. The molecule has 0 heterocycles. The van der Waals surface area contributed by atoms with Crippen molar-refractivity contribution in [2.75, 3.05) is 11.9 Å². The normalized spacial score (nSPS) is 12.0. The van der Waals surface area contributed by atoms with Crippen molar-refractivity contribution in [2.24, 2.45) is 4.99 Å². The summed E-state index contributed by atoms with van der Waals surface area (Å²) >= 11 is 5.93. The Morgan fingerprint density at radius 3 is 2.24 bits per heavy atom. The van der Waals surface area contributed by atoms with Gasteiger partial charge in [0.15, 0.2) is 0 Å². The lowest BCUT2D eigenvalue weighted by molar-refractivity contribution is -0.137. The Morgan fingerprint density at radius 2 is 1.72 bits per heavy atom. The summed E-state index contributed by atoms with van der Waals surface area (Å²) in [7, 11) is 1.29. The molecule has 25 heavy (non-hydrogen) atoms. The lowest BCUT2D eigenvalue weighted by Crippen LogP contribution is -2.22. The first-order valence-corrected chi connectivity index (χ1v) is 7.05. The number of halogens is 6. The highest BCUT2D eigenvalue weighted by atomic mass is 35.5. The Labute approximate surface area is 144 Å². The second kappa shape index (κ2) is 7.07. The molecule has 0 N–H and O–H groups in total. The van der Waals surface area contributed by atoms with Crippen LogP contribution in [0.4, 0.5) is 33.3 Å². The van der Waals surface area contributed by atoms with E-state index in [0.29, 0.717) is 6.07 Å². The zero-order valence-electron chi connectivity index (χ0n) is 12.6. The summed E-state index contributed by atoms with van der Waals surface area (Å²) in [4.78, 5) is 4.86. The average molecular weight is 374 g/mol. The maximum absolute atomic E-state index is 14.0. The molecule has 0 aliphatic carbocycles. The number of rotatable bonds is 2. The number of hydrogen-bond acceptors (Lipinski definition) is 2. The van der Waals surface area contributed by atoms with E-state index < -0.39 is 28.9 Å². The second-order valence-electron chi connectivity index (χ2n) is 4.88. The van der Waals surface area contributed by atoms with Gasteiger partial charge in [0.25, 0.3) is 0 Å². The summed E-state index contributed by atoms with van der Waals surface area (Å²) in [5.41, 5.74) is -1.50.